The Morgan fingerprint density at radius 2 is 2.12 bits per heavy atom. The first kappa shape index (κ1) is 11.6. The van der Waals surface area contributed by atoms with Gasteiger partial charge in [0.1, 0.15) is 5.15 Å². The number of methoxy groups -OCH3 is 1. The molecule has 0 spiro atoms. The summed E-state index contributed by atoms with van der Waals surface area (Å²) < 4.78 is 16.4. The maximum Gasteiger partial charge on any atom is 0.214 e. The van der Waals surface area contributed by atoms with E-state index in [1.807, 2.05) is 6.92 Å². The van der Waals surface area contributed by atoms with Crippen LogP contribution in [0.15, 0.2) is 12.1 Å². The van der Waals surface area contributed by atoms with E-state index in [1.165, 1.54) is 0 Å². The smallest absolute Gasteiger partial charge is 0.214 e. The molecule has 1 aliphatic rings. The standard InChI is InChI=1S/C11H14ClNO3/c1-3-11(15-4-5-16-11)8-6-9(12)13-10(7-8)14-2/h6-7H,3-5H2,1-2H3. The minimum Gasteiger partial charge on any atom is -0.481 e. The molecule has 0 aliphatic carbocycles. The molecule has 88 valence electrons. The topological polar surface area (TPSA) is 40.6 Å². The third kappa shape index (κ3) is 2.00. The molecule has 0 atom stereocenters. The van der Waals surface area contributed by atoms with Crippen LogP contribution >= 0.6 is 11.6 Å². The van der Waals surface area contributed by atoms with Crippen molar-refractivity contribution in [3.63, 3.8) is 0 Å². The molecule has 0 saturated carbocycles. The molecule has 1 aliphatic heterocycles. The Morgan fingerprint density at radius 1 is 1.44 bits per heavy atom. The molecule has 2 heterocycles. The van der Waals surface area contributed by atoms with Gasteiger partial charge >= 0.3 is 0 Å². The van der Waals surface area contributed by atoms with Gasteiger partial charge in [0.25, 0.3) is 0 Å². The second-order valence-electron chi connectivity index (χ2n) is 3.52. The Morgan fingerprint density at radius 3 is 2.69 bits per heavy atom. The molecule has 0 bridgehead atoms. The van der Waals surface area contributed by atoms with Gasteiger partial charge < -0.3 is 14.2 Å². The Kier molecular flexibility index (Phi) is 3.33. The lowest BCUT2D eigenvalue weighted by atomic mass is 10.0. The van der Waals surface area contributed by atoms with Gasteiger partial charge in [-0.15, -0.1) is 0 Å². The quantitative estimate of drug-likeness (QED) is 0.765. The van der Waals surface area contributed by atoms with Crippen molar-refractivity contribution in [1.29, 1.82) is 0 Å². The van der Waals surface area contributed by atoms with Gasteiger partial charge in [-0.05, 0) is 6.07 Å². The summed E-state index contributed by atoms with van der Waals surface area (Å²) in [7, 11) is 1.55. The minimum absolute atomic E-state index is 0.376. The number of ether oxygens (including phenoxy) is 3. The lowest BCUT2D eigenvalue weighted by Crippen LogP contribution is -2.26. The van der Waals surface area contributed by atoms with Gasteiger partial charge in [0.2, 0.25) is 5.88 Å². The summed E-state index contributed by atoms with van der Waals surface area (Å²) in [4.78, 5) is 4.02. The van der Waals surface area contributed by atoms with Gasteiger partial charge in [0, 0.05) is 18.1 Å². The molecule has 0 amide bonds. The van der Waals surface area contributed by atoms with Crippen molar-refractivity contribution in [1.82, 2.24) is 4.98 Å². The summed E-state index contributed by atoms with van der Waals surface area (Å²) in [6.45, 7) is 3.19. The molecule has 0 radical (unpaired) electrons. The van der Waals surface area contributed by atoms with E-state index >= 15 is 0 Å². The van der Waals surface area contributed by atoms with Crippen molar-refractivity contribution in [3.05, 3.63) is 22.8 Å². The fourth-order valence-electron chi connectivity index (χ4n) is 1.83. The highest BCUT2D eigenvalue weighted by molar-refractivity contribution is 6.29. The van der Waals surface area contributed by atoms with E-state index in [-0.39, 0.29) is 0 Å². The predicted octanol–water partition coefficient (Wildman–Crippen LogP) is 2.35. The molecule has 4 nitrogen and oxygen atoms in total. The first-order valence-corrected chi connectivity index (χ1v) is 5.58. The second-order valence-corrected chi connectivity index (χ2v) is 3.91. The van der Waals surface area contributed by atoms with Crippen molar-refractivity contribution in [2.75, 3.05) is 20.3 Å². The van der Waals surface area contributed by atoms with E-state index in [2.05, 4.69) is 4.98 Å². The van der Waals surface area contributed by atoms with Crippen LogP contribution in [-0.4, -0.2) is 25.3 Å². The number of aromatic nitrogens is 1. The Hall–Kier alpha value is -0.840. The van der Waals surface area contributed by atoms with Gasteiger partial charge in [-0.2, -0.15) is 0 Å². The average Bonchev–Trinajstić information content (AvgIpc) is 2.78. The highest BCUT2D eigenvalue weighted by atomic mass is 35.5. The second kappa shape index (κ2) is 4.57. The van der Waals surface area contributed by atoms with Crippen molar-refractivity contribution in [3.8, 4) is 5.88 Å². The van der Waals surface area contributed by atoms with Crippen molar-refractivity contribution >= 4 is 11.6 Å². The van der Waals surface area contributed by atoms with Crippen molar-refractivity contribution in [2.45, 2.75) is 19.1 Å². The van der Waals surface area contributed by atoms with Crippen LogP contribution in [0.4, 0.5) is 0 Å². The molecule has 1 aromatic rings. The largest absolute Gasteiger partial charge is 0.481 e. The summed E-state index contributed by atoms with van der Waals surface area (Å²) in [5.41, 5.74) is 0.851. The number of hydrogen-bond acceptors (Lipinski definition) is 4. The van der Waals surface area contributed by atoms with Crippen LogP contribution in [0.3, 0.4) is 0 Å². The summed E-state index contributed by atoms with van der Waals surface area (Å²) in [5.74, 6) is -0.228. The maximum absolute atomic E-state index is 5.92. The van der Waals surface area contributed by atoms with Crippen LogP contribution in [0.25, 0.3) is 0 Å². The van der Waals surface area contributed by atoms with Crippen LogP contribution in [0, 0.1) is 0 Å². The number of pyridine rings is 1. The monoisotopic (exact) mass is 243 g/mol. The Balaban J connectivity index is 2.41. The summed E-state index contributed by atoms with van der Waals surface area (Å²) >= 11 is 5.92. The van der Waals surface area contributed by atoms with Crippen LogP contribution in [0.5, 0.6) is 5.88 Å². The zero-order valence-electron chi connectivity index (χ0n) is 9.33. The van der Waals surface area contributed by atoms with Crippen LogP contribution in [0.1, 0.15) is 18.9 Å². The number of hydrogen-bond donors (Lipinski definition) is 0. The zero-order valence-corrected chi connectivity index (χ0v) is 10.1. The molecule has 0 unspecified atom stereocenters. The molecular formula is C11H14ClNO3. The van der Waals surface area contributed by atoms with Gasteiger partial charge in [0.05, 0.1) is 20.3 Å². The third-order valence-electron chi connectivity index (χ3n) is 2.64. The molecule has 1 aromatic heterocycles. The third-order valence-corrected chi connectivity index (χ3v) is 2.83. The van der Waals surface area contributed by atoms with E-state index in [9.17, 15) is 0 Å². The fraction of sp³-hybridized carbons (Fsp3) is 0.545. The normalized spacial score (nSPS) is 18.7. The molecule has 5 heteroatoms. The highest BCUT2D eigenvalue weighted by Crippen LogP contribution is 2.36. The molecule has 1 fully saturated rings. The molecule has 1 saturated heterocycles. The summed E-state index contributed by atoms with van der Waals surface area (Å²) in [5, 5.41) is 0.376. The minimum atomic E-state index is -0.695. The van der Waals surface area contributed by atoms with E-state index in [1.54, 1.807) is 19.2 Å². The van der Waals surface area contributed by atoms with Crippen molar-refractivity contribution < 1.29 is 14.2 Å². The lowest BCUT2D eigenvalue weighted by Gasteiger charge is -2.26. The molecular weight excluding hydrogens is 230 g/mol. The van der Waals surface area contributed by atoms with E-state index in [0.717, 1.165) is 12.0 Å². The predicted molar refractivity (Wildman–Crippen MR) is 59.7 cm³/mol. The Bertz CT molecular complexity index is 377. The van der Waals surface area contributed by atoms with Gasteiger partial charge in [-0.3, -0.25) is 0 Å². The Labute approximate surface area is 99.5 Å². The first-order chi connectivity index (χ1) is 7.70. The summed E-state index contributed by atoms with van der Waals surface area (Å²) in [6, 6.07) is 3.54. The molecule has 2 rings (SSSR count). The molecule has 0 N–H and O–H groups in total. The lowest BCUT2D eigenvalue weighted by molar-refractivity contribution is -0.167. The number of nitrogens with zero attached hydrogens (tertiary/aromatic N) is 1. The average molecular weight is 244 g/mol. The summed E-state index contributed by atoms with van der Waals surface area (Å²) in [6.07, 6.45) is 0.719. The van der Waals surface area contributed by atoms with Gasteiger partial charge in [-0.1, -0.05) is 18.5 Å². The van der Waals surface area contributed by atoms with Crippen LogP contribution in [-0.2, 0) is 15.3 Å². The van der Waals surface area contributed by atoms with E-state index < -0.39 is 5.79 Å². The van der Waals surface area contributed by atoms with E-state index in [0.29, 0.717) is 24.2 Å². The highest BCUT2D eigenvalue weighted by Gasteiger charge is 2.37. The molecule has 0 aromatic carbocycles. The van der Waals surface area contributed by atoms with Crippen LogP contribution < -0.4 is 4.74 Å². The zero-order chi connectivity index (χ0) is 11.6. The SMILES string of the molecule is CCC1(c2cc(Cl)nc(OC)c2)OCCO1. The van der Waals surface area contributed by atoms with Crippen molar-refractivity contribution in [2.24, 2.45) is 0 Å². The van der Waals surface area contributed by atoms with Gasteiger partial charge in [0.15, 0.2) is 5.79 Å². The molecule has 16 heavy (non-hydrogen) atoms. The van der Waals surface area contributed by atoms with Gasteiger partial charge in [-0.25, -0.2) is 4.98 Å². The van der Waals surface area contributed by atoms with Crippen LogP contribution in [0.2, 0.25) is 5.15 Å². The number of rotatable bonds is 3. The maximum atomic E-state index is 5.92. The van der Waals surface area contributed by atoms with E-state index in [4.69, 9.17) is 25.8 Å². The fourth-order valence-corrected chi connectivity index (χ4v) is 2.03. The number of halogens is 1. The first-order valence-electron chi connectivity index (χ1n) is 5.20.